The third-order valence-electron chi connectivity index (χ3n) is 3.22. The molecule has 0 aliphatic rings. The molecule has 1 atom stereocenters. The van der Waals surface area contributed by atoms with Gasteiger partial charge in [0.25, 0.3) is 0 Å². The molecule has 108 valence electrons. The summed E-state index contributed by atoms with van der Waals surface area (Å²) in [7, 11) is 0. The average molecular weight is 305 g/mol. The summed E-state index contributed by atoms with van der Waals surface area (Å²) in [4.78, 5) is 2.27. The summed E-state index contributed by atoms with van der Waals surface area (Å²) in [6, 6.07) is 5.43. The van der Waals surface area contributed by atoms with E-state index in [1.54, 1.807) is 6.07 Å². The standard InChI is InChI=1S/C14H22Cl2N2O/c1-2-18(8-4-10-19)9-7-13(17)11-5-3-6-12(15)14(11)16/h3,5-6,13,19H,2,4,7-10,17H2,1H3. The van der Waals surface area contributed by atoms with Gasteiger partial charge in [-0.25, -0.2) is 0 Å². The largest absolute Gasteiger partial charge is 0.396 e. The van der Waals surface area contributed by atoms with Crippen LogP contribution in [0.4, 0.5) is 0 Å². The van der Waals surface area contributed by atoms with Crippen molar-refractivity contribution < 1.29 is 5.11 Å². The van der Waals surface area contributed by atoms with Crippen molar-refractivity contribution in [2.75, 3.05) is 26.2 Å². The van der Waals surface area contributed by atoms with Crippen LogP contribution >= 0.6 is 23.2 Å². The van der Waals surface area contributed by atoms with E-state index in [2.05, 4.69) is 11.8 Å². The second-order valence-electron chi connectivity index (χ2n) is 4.55. The van der Waals surface area contributed by atoms with E-state index in [4.69, 9.17) is 34.0 Å². The number of hydrogen-bond donors (Lipinski definition) is 2. The maximum atomic E-state index is 8.85. The van der Waals surface area contributed by atoms with Crippen LogP contribution in [0.3, 0.4) is 0 Å². The maximum Gasteiger partial charge on any atom is 0.0640 e. The number of rotatable bonds is 8. The fourth-order valence-electron chi connectivity index (χ4n) is 2.01. The Morgan fingerprint density at radius 3 is 2.68 bits per heavy atom. The van der Waals surface area contributed by atoms with Crippen LogP contribution in [0.2, 0.25) is 10.0 Å². The molecule has 0 aromatic heterocycles. The van der Waals surface area contributed by atoms with Crippen molar-refractivity contribution in [1.82, 2.24) is 4.90 Å². The molecular weight excluding hydrogens is 283 g/mol. The number of halogens is 2. The van der Waals surface area contributed by atoms with Gasteiger partial charge in [0.15, 0.2) is 0 Å². The number of aliphatic hydroxyl groups is 1. The molecule has 0 amide bonds. The molecule has 0 aliphatic carbocycles. The molecule has 1 unspecified atom stereocenters. The predicted molar refractivity (Wildman–Crippen MR) is 81.8 cm³/mol. The first-order valence-corrected chi connectivity index (χ1v) is 7.38. The van der Waals surface area contributed by atoms with Gasteiger partial charge in [-0.2, -0.15) is 0 Å². The summed E-state index contributed by atoms with van der Waals surface area (Å²) in [5.74, 6) is 0. The molecule has 5 heteroatoms. The van der Waals surface area contributed by atoms with E-state index in [0.717, 1.165) is 38.0 Å². The van der Waals surface area contributed by atoms with Gasteiger partial charge in [0.05, 0.1) is 10.0 Å². The zero-order valence-electron chi connectivity index (χ0n) is 11.3. The lowest BCUT2D eigenvalue weighted by Crippen LogP contribution is -2.28. The van der Waals surface area contributed by atoms with Gasteiger partial charge in [0.1, 0.15) is 0 Å². The molecule has 0 radical (unpaired) electrons. The molecule has 1 rings (SSSR count). The summed E-state index contributed by atoms with van der Waals surface area (Å²) in [6.45, 7) is 5.07. The average Bonchev–Trinajstić information content (AvgIpc) is 2.42. The van der Waals surface area contributed by atoms with E-state index in [1.165, 1.54) is 0 Å². The van der Waals surface area contributed by atoms with E-state index in [9.17, 15) is 0 Å². The first kappa shape index (κ1) is 16.7. The summed E-state index contributed by atoms with van der Waals surface area (Å²) >= 11 is 12.2. The van der Waals surface area contributed by atoms with Crippen molar-refractivity contribution in [3.05, 3.63) is 33.8 Å². The van der Waals surface area contributed by atoms with Crippen molar-refractivity contribution in [2.45, 2.75) is 25.8 Å². The Bertz CT molecular complexity index is 388. The molecule has 19 heavy (non-hydrogen) atoms. The van der Waals surface area contributed by atoms with E-state index in [0.29, 0.717) is 10.0 Å². The van der Waals surface area contributed by atoms with Crippen molar-refractivity contribution in [3.63, 3.8) is 0 Å². The van der Waals surface area contributed by atoms with Crippen LogP contribution in [0.5, 0.6) is 0 Å². The van der Waals surface area contributed by atoms with Gasteiger partial charge in [-0.05, 0) is 37.6 Å². The van der Waals surface area contributed by atoms with Gasteiger partial charge >= 0.3 is 0 Å². The number of nitrogens with two attached hydrogens (primary N) is 1. The Morgan fingerprint density at radius 2 is 2.05 bits per heavy atom. The molecule has 1 aromatic carbocycles. The Labute approximate surface area is 125 Å². The highest BCUT2D eigenvalue weighted by Gasteiger charge is 2.13. The highest BCUT2D eigenvalue weighted by Crippen LogP contribution is 2.30. The SMILES string of the molecule is CCN(CCCO)CCC(N)c1cccc(Cl)c1Cl. The van der Waals surface area contributed by atoms with Crippen LogP contribution in [0.1, 0.15) is 31.4 Å². The van der Waals surface area contributed by atoms with E-state index in [-0.39, 0.29) is 12.6 Å². The van der Waals surface area contributed by atoms with Crippen molar-refractivity contribution in [3.8, 4) is 0 Å². The van der Waals surface area contributed by atoms with Gasteiger partial charge in [-0.3, -0.25) is 0 Å². The minimum Gasteiger partial charge on any atom is -0.396 e. The minimum absolute atomic E-state index is 0.116. The van der Waals surface area contributed by atoms with Crippen molar-refractivity contribution in [2.24, 2.45) is 5.73 Å². The van der Waals surface area contributed by atoms with Crippen LogP contribution in [-0.4, -0.2) is 36.2 Å². The molecule has 0 bridgehead atoms. The van der Waals surface area contributed by atoms with Crippen molar-refractivity contribution in [1.29, 1.82) is 0 Å². The first-order chi connectivity index (χ1) is 9.10. The molecule has 0 saturated heterocycles. The quantitative estimate of drug-likeness (QED) is 0.776. The molecule has 0 spiro atoms. The smallest absolute Gasteiger partial charge is 0.0640 e. The molecule has 0 saturated carbocycles. The number of aliphatic hydroxyl groups excluding tert-OH is 1. The minimum atomic E-state index is -0.116. The third kappa shape index (κ3) is 5.28. The van der Waals surface area contributed by atoms with Crippen molar-refractivity contribution >= 4 is 23.2 Å². The first-order valence-electron chi connectivity index (χ1n) is 6.62. The fourth-order valence-corrected chi connectivity index (χ4v) is 2.45. The van der Waals surface area contributed by atoms with Crippen LogP contribution in [-0.2, 0) is 0 Å². The fraction of sp³-hybridized carbons (Fsp3) is 0.571. The zero-order valence-corrected chi connectivity index (χ0v) is 12.8. The third-order valence-corrected chi connectivity index (χ3v) is 4.05. The lowest BCUT2D eigenvalue weighted by Gasteiger charge is -2.22. The normalized spacial score (nSPS) is 12.9. The Morgan fingerprint density at radius 1 is 1.32 bits per heavy atom. The highest BCUT2D eigenvalue weighted by molar-refractivity contribution is 6.42. The van der Waals surface area contributed by atoms with Gasteiger partial charge < -0.3 is 15.7 Å². The van der Waals surface area contributed by atoms with Gasteiger partial charge in [-0.1, -0.05) is 42.3 Å². The Kier molecular flexibility index (Phi) is 7.73. The molecular formula is C14H22Cl2N2O. The molecule has 3 nitrogen and oxygen atoms in total. The second kappa shape index (κ2) is 8.77. The lowest BCUT2D eigenvalue weighted by atomic mass is 10.0. The molecule has 0 aliphatic heterocycles. The van der Waals surface area contributed by atoms with E-state index in [1.807, 2.05) is 12.1 Å². The van der Waals surface area contributed by atoms with Crippen LogP contribution in [0.25, 0.3) is 0 Å². The summed E-state index contributed by atoms with van der Waals surface area (Å²) in [5, 5.41) is 9.94. The second-order valence-corrected chi connectivity index (χ2v) is 5.33. The molecule has 0 fully saturated rings. The lowest BCUT2D eigenvalue weighted by molar-refractivity contribution is 0.225. The van der Waals surface area contributed by atoms with E-state index >= 15 is 0 Å². The zero-order chi connectivity index (χ0) is 14.3. The molecule has 1 aromatic rings. The monoisotopic (exact) mass is 304 g/mol. The maximum absolute atomic E-state index is 8.85. The molecule has 0 heterocycles. The van der Waals surface area contributed by atoms with Crippen LogP contribution in [0.15, 0.2) is 18.2 Å². The number of hydrogen-bond acceptors (Lipinski definition) is 3. The van der Waals surface area contributed by atoms with Gasteiger partial charge in [0, 0.05) is 19.2 Å². The van der Waals surface area contributed by atoms with E-state index < -0.39 is 0 Å². The topological polar surface area (TPSA) is 49.5 Å². The molecule has 3 N–H and O–H groups in total. The summed E-state index contributed by atoms with van der Waals surface area (Å²) in [5.41, 5.74) is 7.07. The summed E-state index contributed by atoms with van der Waals surface area (Å²) in [6.07, 6.45) is 1.61. The Hall–Kier alpha value is -0.320. The predicted octanol–water partition coefficient (Wildman–Crippen LogP) is 3.09. The highest BCUT2D eigenvalue weighted by atomic mass is 35.5. The van der Waals surface area contributed by atoms with Crippen LogP contribution < -0.4 is 5.73 Å². The summed E-state index contributed by atoms with van der Waals surface area (Å²) < 4.78 is 0. The van der Waals surface area contributed by atoms with Gasteiger partial charge in [0.2, 0.25) is 0 Å². The number of nitrogens with zero attached hydrogens (tertiary/aromatic N) is 1. The number of benzene rings is 1. The van der Waals surface area contributed by atoms with Gasteiger partial charge in [-0.15, -0.1) is 0 Å². The van der Waals surface area contributed by atoms with Crippen LogP contribution in [0, 0.1) is 0 Å². The Balaban J connectivity index is 2.54.